The van der Waals surface area contributed by atoms with Crippen LogP contribution in [0.5, 0.6) is 0 Å². The molecule has 1 nitrogen and oxygen atoms in total. The molecule has 2 rings (SSSR count). The second kappa shape index (κ2) is 8.51. The van der Waals surface area contributed by atoms with Gasteiger partial charge in [0.15, 0.2) is 0 Å². The molecule has 0 fully saturated rings. The van der Waals surface area contributed by atoms with Crippen LogP contribution in [-0.4, -0.2) is 14.4 Å². The molecule has 0 aliphatic carbocycles. The summed E-state index contributed by atoms with van der Waals surface area (Å²) in [5.41, 5.74) is 0. The third kappa shape index (κ3) is 4.42. The minimum Gasteiger partial charge on any atom is -0.405 e. The van der Waals surface area contributed by atoms with Gasteiger partial charge in [-0.05, 0) is 35.2 Å². The maximum atomic E-state index is 6.99. The van der Waals surface area contributed by atoms with Gasteiger partial charge in [-0.15, -0.1) is 12.3 Å². The number of benzene rings is 2. The van der Waals surface area contributed by atoms with E-state index >= 15 is 0 Å². The van der Waals surface area contributed by atoms with Gasteiger partial charge in [-0.3, -0.25) is 0 Å². The first-order valence-corrected chi connectivity index (χ1v) is 11.0. The van der Waals surface area contributed by atoms with Crippen molar-refractivity contribution in [1.29, 1.82) is 0 Å². The lowest BCUT2D eigenvalue weighted by Gasteiger charge is -2.44. The van der Waals surface area contributed by atoms with Crippen LogP contribution in [0.25, 0.3) is 0 Å². The van der Waals surface area contributed by atoms with Crippen LogP contribution in [0.1, 0.15) is 47.0 Å². The number of hydrogen-bond acceptors (Lipinski definition) is 1. The summed E-state index contributed by atoms with van der Waals surface area (Å²) in [4.78, 5) is 0. The van der Waals surface area contributed by atoms with Crippen molar-refractivity contribution in [3.63, 3.8) is 0 Å². The van der Waals surface area contributed by atoms with Crippen LogP contribution in [0.15, 0.2) is 60.7 Å². The zero-order valence-corrected chi connectivity index (χ0v) is 17.0. The summed E-state index contributed by atoms with van der Waals surface area (Å²) < 4.78 is 6.99. The van der Waals surface area contributed by atoms with Crippen LogP contribution in [0.3, 0.4) is 0 Å². The van der Waals surface area contributed by atoms with E-state index in [-0.39, 0.29) is 11.1 Å². The predicted molar refractivity (Wildman–Crippen MR) is 111 cm³/mol. The molecular formula is C23H30OSi. The summed E-state index contributed by atoms with van der Waals surface area (Å²) in [5, 5.41) is 2.69. The van der Waals surface area contributed by atoms with Crippen LogP contribution in [-0.2, 0) is 4.43 Å². The van der Waals surface area contributed by atoms with Gasteiger partial charge in [0.25, 0.3) is 8.32 Å². The zero-order chi connectivity index (χ0) is 18.3. The van der Waals surface area contributed by atoms with Gasteiger partial charge in [0, 0.05) is 12.5 Å². The molecule has 1 atom stereocenters. The monoisotopic (exact) mass is 350 g/mol. The van der Waals surface area contributed by atoms with E-state index in [1.165, 1.54) is 10.4 Å². The molecule has 0 aliphatic heterocycles. The first-order valence-electron chi connectivity index (χ1n) is 9.14. The molecule has 2 aromatic carbocycles. The van der Waals surface area contributed by atoms with Gasteiger partial charge in [-0.1, -0.05) is 81.4 Å². The molecule has 2 aromatic rings. The van der Waals surface area contributed by atoms with Gasteiger partial charge >= 0.3 is 0 Å². The lowest BCUT2D eigenvalue weighted by atomic mass is 10.2. The average Bonchev–Trinajstić information content (AvgIpc) is 2.60. The van der Waals surface area contributed by atoms with Crippen molar-refractivity contribution >= 4 is 18.7 Å². The van der Waals surface area contributed by atoms with Gasteiger partial charge < -0.3 is 4.43 Å². The molecule has 132 valence electrons. The molecule has 0 unspecified atom stereocenters. The van der Waals surface area contributed by atoms with Crippen molar-refractivity contribution in [3.8, 4) is 12.3 Å². The summed E-state index contributed by atoms with van der Waals surface area (Å²) in [7, 11) is -2.42. The molecule has 0 saturated carbocycles. The van der Waals surface area contributed by atoms with Gasteiger partial charge in [0.1, 0.15) is 0 Å². The molecule has 0 heterocycles. The number of rotatable bonds is 7. The summed E-state index contributed by atoms with van der Waals surface area (Å²) in [6.07, 6.45) is 8.41. The highest BCUT2D eigenvalue weighted by Crippen LogP contribution is 2.37. The maximum absolute atomic E-state index is 6.99. The van der Waals surface area contributed by atoms with Crippen molar-refractivity contribution in [3.05, 3.63) is 60.7 Å². The molecule has 0 saturated heterocycles. The Kier molecular flexibility index (Phi) is 6.64. The summed E-state index contributed by atoms with van der Waals surface area (Å²) >= 11 is 0. The zero-order valence-electron chi connectivity index (χ0n) is 16.0. The molecule has 0 amide bonds. The van der Waals surface area contributed by atoms with Gasteiger partial charge in [-0.25, -0.2) is 0 Å². The smallest absolute Gasteiger partial charge is 0.261 e. The van der Waals surface area contributed by atoms with Gasteiger partial charge in [0.2, 0.25) is 0 Å². The maximum Gasteiger partial charge on any atom is 0.261 e. The lowest BCUT2D eigenvalue weighted by molar-refractivity contribution is 0.194. The Balaban J connectivity index is 2.51. The van der Waals surface area contributed by atoms with Crippen LogP contribution in [0.2, 0.25) is 5.04 Å². The predicted octanol–water partition coefficient (Wildman–Crippen LogP) is 4.76. The molecule has 2 heteroatoms. The minimum atomic E-state index is -2.42. The van der Waals surface area contributed by atoms with Gasteiger partial charge in [0.05, 0.1) is 0 Å². The number of terminal acetylenes is 1. The van der Waals surface area contributed by atoms with E-state index in [1.54, 1.807) is 0 Å². The van der Waals surface area contributed by atoms with Crippen LogP contribution in [0, 0.1) is 12.3 Å². The number of hydrogen-bond donors (Lipinski definition) is 0. The fourth-order valence-electron chi connectivity index (χ4n) is 3.54. The quantitative estimate of drug-likeness (QED) is 0.397. The first-order chi connectivity index (χ1) is 11.9. The molecule has 0 aromatic heterocycles. The lowest BCUT2D eigenvalue weighted by Crippen LogP contribution is -2.67. The van der Waals surface area contributed by atoms with Crippen molar-refractivity contribution in [1.82, 2.24) is 0 Å². The van der Waals surface area contributed by atoms with Crippen LogP contribution in [0.4, 0.5) is 0 Å². The Bertz CT molecular complexity index is 640. The Morgan fingerprint density at radius 3 is 1.84 bits per heavy atom. The van der Waals surface area contributed by atoms with E-state index in [1.807, 2.05) is 0 Å². The summed E-state index contributed by atoms with van der Waals surface area (Å²) in [6.45, 7) is 9.13. The Labute approximate surface area is 154 Å². The average molecular weight is 351 g/mol. The Morgan fingerprint density at radius 2 is 1.44 bits per heavy atom. The third-order valence-corrected chi connectivity index (χ3v) is 9.89. The standard InChI is InChI=1S/C23H30OSi/c1-6-7-10-15-20(2)24-25(23(3,4)5,21-16-11-8-12-17-21)22-18-13-9-14-19-22/h1,8-9,11-14,16-20H,7,10,15H2,2-5H3/t20-/m0/s1. The minimum absolute atomic E-state index is 0.0239. The molecule has 0 bridgehead atoms. The second-order valence-corrected chi connectivity index (χ2v) is 11.9. The molecule has 0 aliphatic rings. The highest BCUT2D eigenvalue weighted by atomic mass is 28.4. The van der Waals surface area contributed by atoms with Crippen molar-refractivity contribution in [2.24, 2.45) is 0 Å². The Morgan fingerprint density at radius 1 is 0.960 bits per heavy atom. The van der Waals surface area contributed by atoms with E-state index in [0.717, 1.165) is 19.3 Å². The summed E-state index contributed by atoms with van der Waals surface area (Å²) in [6, 6.07) is 21.6. The molecule has 0 N–H and O–H groups in total. The van der Waals surface area contributed by atoms with Crippen molar-refractivity contribution in [2.75, 3.05) is 0 Å². The summed E-state index contributed by atoms with van der Waals surface area (Å²) in [5.74, 6) is 2.74. The van der Waals surface area contributed by atoms with Crippen molar-refractivity contribution < 1.29 is 4.43 Å². The molecule has 0 spiro atoms. The van der Waals surface area contributed by atoms with E-state index in [0.29, 0.717) is 0 Å². The Hall–Kier alpha value is -1.82. The van der Waals surface area contributed by atoms with E-state index in [2.05, 4.69) is 94.3 Å². The first kappa shape index (κ1) is 19.5. The molecular weight excluding hydrogens is 320 g/mol. The van der Waals surface area contributed by atoms with Crippen LogP contribution < -0.4 is 10.4 Å². The normalized spacial score (nSPS) is 13.2. The second-order valence-electron chi connectivity index (χ2n) is 7.69. The van der Waals surface area contributed by atoms with Crippen molar-refractivity contribution in [2.45, 2.75) is 58.1 Å². The fraction of sp³-hybridized carbons (Fsp3) is 0.391. The topological polar surface area (TPSA) is 9.23 Å². The highest BCUT2D eigenvalue weighted by molar-refractivity contribution is 6.99. The SMILES string of the molecule is C#CCCC[C@H](C)O[Si](c1ccccc1)(c1ccccc1)C(C)(C)C. The molecule has 25 heavy (non-hydrogen) atoms. The van der Waals surface area contributed by atoms with Crippen LogP contribution >= 0.6 is 0 Å². The molecule has 0 radical (unpaired) electrons. The number of unbranched alkanes of at least 4 members (excludes halogenated alkanes) is 1. The van der Waals surface area contributed by atoms with Gasteiger partial charge in [-0.2, -0.15) is 0 Å². The highest BCUT2D eigenvalue weighted by Gasteiger charge is 2.50. The van der Waals surface area contributed by atoms with E-state index < -0.39 is 8.32 Å². The third-order valence-electron chi connectivity index (χ3n) is 4.73. The largest absolute Gasteiger partial charge is 0.405 e. The van der Waals surface area contributed by atoms with E-state index in [9.17, 15) is 0 Å². The fourth-order valence-corrected chi connectivity index (χ4v) is 8.28. The van der Waals surface area contributed by atoms with E-state index in [4.69, 9.17) is 10.8 Å².